The van der Waals surface area contributed by atoms with Gasteiger partial charge in [-0.05, 0) is 48.3 Å². The van der Waals surface area contributed by atoms with Crippen LogP contribution in [0.2, 0.25) is 0 Å². The van der Waals surface area contributed by atoms with Gasteiger partial charge < -0.3 is 14.8 Å². The second kappa shape index (κ2) is 12.7. The van der Waals surface area contributed by atoms with Crippen LogP contribution in [-0.4, -0.2) is 52.7 Å². The number of hydrogen-bond acceptors (Lipinski definition) is 6. The van der Waals surface area contributed by atoms with Gasteiger partial charge in [0.1, 0.15) is 29.1 Å². The average Bonchev–Trinajstić information content (AvgIpc) is 2.76. The predicted octanol–water partition coefficient (Wildman–Crippen LogP) is 2.57. The lowest BCUT2D eigenvalue weighted by Crippen LogP contribution is -2.46. The molecule has 2 rings (SSSR count). The highest BCUT2D eigenvalue weighted by molar-refractivity contribution is 7.98. The van der Waals surface area contributed by atoms with Gasteiger partial charge in [0.25, 0.3) is 0 Å². The first-order valence-electron chi connectivity index (χ1n) is 9.61. The van der Waals surface area contributed by atoms with E-state index in [2.05, 4.69) is 10.0 Å². The molecule has 0 saturated heterocycles. The molecule has 10 heteroatoms. The van der Waals surface area contributed by atoms with Gasteiger partial charge in [-0.15, -0.1) is 0 Å². The van der Waals surface area contributed by atoms with E-state index in [1.54, 1.807) is 19.2 Å². The maximum atomic E-state index is 13.9. The van der Waals surface area contributed by atoms with Crippen molar-refractivity contribution in [1.82, 2.24) is 10.0 Å². The lowest BCUT2D eigenvalue weighted by atomic mass is 10.2. The predicted molar refractivity (Wildman–Crippen MR) is 119 cm³/mol. The second-order valence-corrected chi connectivity index (χ2v) is 9.26. The quantitative estimate of drug-likeness (QED) is 0.437. The molecule has 0 aliphatic carbocycles. The average molecular weight is 471 g/mol. The monoisotopic (exact) mass is 470 g/mol. The SMILES string of the molecule is COCCOc1ccc(CNC(=O)C(CCSC)NS(=O)(=O)c2ccccc2F)cc1. The first kappa shape index (κ1) is 25.1. The van der Waals surface area contributed by atoms with Gasteiger partial charge in [0.15, 0.2) is 0 Å². The third-order valence-corrected chi connectivity index (χ3v) is 6.45. The first-order valence-corrected chi connectivity index (χ1v) is 12.5. The Hall–Kier alpha value is -2.14. The van der Waals surface area contributed by atoms with Crippen molar-refractivity contribution in [1.29, 1.82) is 0 Å². The molecule has 0 heterocycles. The van der Waals surface area contributed by atoms with Crippen molar-refractivity contribution < 1.29 is 27.1 Å². The lowest BCUT2D eigenvalue weighted by Gasteiger charge is -2.18. The topological polar surface area (TPSA) is 93.7 Å². The van der Waals surface area contributed by atoms with Crippen molar-refractivity contribution in [3.8, 4) is 5.75 Å². The summed E-state index contributed by atoms with van der Waals surface area (Å²) in [5.41, 5.74) is 0.827. The van der Waals surface area contributed by atoms with Gasteiger partial charge in [0, 0.05) is 13.7 Å². The Morgan fingerprint density at radius 3 is 2.48 bits per heavy atom. The highest BCUT2D eigenvalue weighted by Crippen LogP contribution is 2.15. The van der Waals surface area contributed by atoms with Crippen molar-refractivity contribution in [3.05, 3.63) is 59.9 Å². The van der Waals surface area contributed by atoms with E-state index in [-0.39, 0.29) is 13.0 Å². The van der Waals surface area contributed by atoms with Crippen LogP contribution in [-0.2, 0) is 26.1 Å². The minimum Gasteiger partial charge on any atom is -0.491 e. The largest absolute Gasteiger partial charge is 0.491 e. The molecule has 0 bridgehead atoms. The lowest BCUT2D eigenvalue weighted by molar-refractivity contribution is -0.122. The molecule has 7 nitrogen and oxygen atoms in total. The number of amides is 1. The highest BCUT2D eigenvalue weighted by atomic mass is 32.2. The molecule has 1 unspecified atom stereocenters. The van der Waals surface area contributed by atoms with Crippen molar-refractivity contribution >= 4 is 27.7 Å². The van der Waals surface area contributed by atoms with Crippen LogP contribution < -0.4 is 14.8 Å². The minimum absolute atomic E-state index is 0.217. The van der Waals surface area contributed by atoms with E-state index in [9.17, 15) is 17.6 Å². The van der Waals surface area contributed by atoms with Gasteiger partial charge in [-0.3, -0.25) is 4.79 Å². The molecule has 31 heavy (non-hydrogen) atoms. The Morgan fingerprint density at radius 2 is 1.84 bits per heavy atom. The molecular weight excluding hydrogens is 443 g/mol. The molecule has 0 aliphatic rings. The Labute approximate surface area is 186 Å². The molecular formula is C21H27FN2O5S2. The van der Waals surface area contributed by atoms with Crippen LogP contribution in [0.5, 0.6) is 5.75 Å². The molecule has 1 atom stereocenters. The molecule has 0 aliphatic heterocycles. The normalized spacial score (nSPS) is 12.4. The van der Waals surface area contributed by atoms with Crippen LogP contribution >= 0.6 is 11.8 Å². The van der Waals surface area contributed by atoms with E-state index in [1.807, 2.05) is 18.4 Å². The minimum atomic E-state index is -4.19. The standard InChI is InChI=1S/C21H27FN2O5S2/c1-28-12-13-29-17-9-7-16(8-10-17)15-23-21(25)19(11-14-30-2)24-31(26,27)20-6-4-3-5-18(20)22/h3-10,19,24H,11-15H2,1-2H3,(H,23,25). The molecule has 2 N–H and O–H groups in total. The van der Waals surface area contributed by atoms with E-state index >= 15 is 0 Å². The van der Waals surface area contributed by atoms with Crippen LogP contribution in [0, 0.1) is 5.82 Å². The number of hydrogen-bond donors (Lipinski definition) is 2. The summed E-state index contributed by atoms with van der Waals surface area (Å²) in [6.45, 7) is 1.14. The Bertz CT molecular complexity index is 939. The van der Waals surface area contributed by atoms with Gasteiger partial charge in [-0.2, -0.15) is 16.5 Å². The second-order valence-electron chi connectivity index (χ2n) is 6.59. The number of rotatable bonds is 13. The Balaban J connectivity index is 2.00. The maximum Gasteiger partial charge on any atom is 0.244 e. The van der Waals surface area contributed by atoms with Crippen molar-refractivity contribution in [3.63, 3.8) is 0 Å². The summed E-state index contributed by atoms with van der Waals surface area (Å²) >= 11 is 1.48. The van der Waals surface area contributed by atoms with Crippen LogP contribution in [0.25, 0.3) is 0 Å². The number of sulfonamides is 1. The first-order chi connectivity index (χ1) is 14.9. The zero-order chi connectivity index (χ0) is 22.7. The summed E-state index contributed by atoms with van der Waals surface area (Å²) in [7, 11) is -2.59. The zero-order valence-corrected chi connectivity index (χ0v) is 19.1. The van der Waals surface area contributed by atoms with E-state index in [1.165, 1.54) is 23.9 Å². The van der Waals surface area contributed by atoms with Crippen LogP contribution in [0.15, 0.2) is 53.4 Å². The van der Waals surface area contributed by atoms with Gasteiger partial charge in [0.05, 0.1) is 6.61 Å². The molecule has 1 amide bonds. The number of halogens is 1. The van der Waals surface area contributed by atoms with Crippen molar-refractivity contribution in [2.45, 2.75) is 23.9 Å². The van der Waals surface area contributed by atoms with E-state index in [0.29, 0.717) is 24.7 Å². The molecule has 2 aromatic carbocycles. The molecule has 0 fully saturated rings. The molecule has 170 valence electrons. The summed E-state index contributed by atoms with van der Waals surface area (Å²) in [6, 6.07) is 11.2. The fourth-order valence-electron chi connectivity index (χ4n) is 2.65. The summed E-state index contributed by atoms with van der Waals surface area (Å²) in [5, 5.41) is 2.74. The number of carbonyl (C=O) groups excluding carboxylic acids is 1. The van der Waals surface area contributed by atoms with Gasteiger partial charge in [-0.1, -0.05) is 24.3 Å². The van der Waals surface area contributed by atoms with Crippen molar-refractivity contribution in [2.24, 2.45) is 0 Å². The summed E-state index contributed by atoms with van der Waals surface area (Å²) in [5.74, 6) is -0.102. The molecule has 0 aromatic heterocycles. The Morgan fingerprint density at radius 1 is 1.13 bits per heavy atom. The third-order valence-electron chi connectivity index (χ3n) is 4.30. The van der Waals surface area contributed by atoms with Gasteiger partial charge in [0.2, 0.25) is 15.9 Å². The zero-order valence-electron chi connectivity index (χ0n) is 17.5. The van der Waals surface area contributed by atoms with E-state index < -0.39 is 32.7 Å². The third kappa shape index (κ3) is 8.13. The van der Waals surface area contributed by atoms with E-state index in [4.69, 9.17) is 9.47 Å². The molecule has 0 saturated carbocycles. The number of ether oxygens (including phenoxy) is 2. The van der Waals surface area contributed by atoms with E-state index in [0.717, 1.165) is 17.7 Å². The van der Waals surface area contributed by atoms with Gasteiger partial charge >= 0.3 is 0 Å². The van der Waals surface area contributed by atoms with Crippen LogP contribution in [0.4, 0.5) is 4.39 Å². The summed E-state index contributed by atoms with van der Waals surface area (Å²) in [4.78, 5) is 12.2. The fraction of sp³-hybridized carbons (Fsp3) is 0.381. The summed E-state index contributed by atoms with van der Waals surface area (Å²) < 4.78 is 51.9. The molecule has 0 spiro atoms. The van der Waals surface area contributed by atoms with Gasteiger partial charge in [-0.25, -0.2) is 12.8 Å². The maximum absolute atomic E-state index is 13.9. The molecule has 2 aromatic rings. The van der Waals surface area contributed by atoms with Crippen LogP contribution in [0.3, 0.4) is 0 Å². The highest BCUT2D eigenvalue weighted by Gasteiger charge is 2.27. The number of methoxy groups -OCH3 is 1. The number of nitrogens with one attached hydrogen (secondary N) is 2. The Kier molecular flexibility index (Phi) is 10.3. The van der Waals surface area contributed by atoms with Crippen molar-refractivity contribution in [2.75, 3.05) is 32.3 Å². The summed E-state index contributed by atoms with van der Waals surface area (Å²) in [6.07, 6.45) is 2.13. The van der Waals surface area contributed by atoms with Crippen LogP contribution in [0.1, 0.15) is 12.0 Å². The fourth-order valence-corrected chi connectivity index (χ4v) is 4.43. The number of benzene rings is 2. The molecule has 0 radical (unpaired) electrons. The smallest absolute Gasteiger partial charge is 0.244 e. The number of thioether (sulfide) groups is 1. The number of carbonyl (C=O) groups is 1.